The maximum absolute atomic E-state index is 13.0. The van der Waals surface area contributed by atoms with Crippen molar-refractivity contribution in [2.45, 2.75) is 13.8 Å². The largest absolute Gasteiger partial charge is 0.497 e. The summed E-state index contributed by atoms with van der Waals surface area (Å²) in [6.45, 7) is 6.16. The number of methoxy groups -OCH3 is 1. The van der Waals surface area contributed by atoms with Gasteiger partial charge in [0.25, 0.3) is 5.91 Å². The first-order valence-electron chi connectivity index (χ1n) is 10.7. The number of ether oxygens (including phenoxy) is 1. The van der Waals surface area contributed by atoms with Crippen molar-refractivity contribution in [3.05, 3.63) is 83.9 Å². The molecule has 1 N–H and O–H groups in total. The molecule has 0 bridgehead atoms. The highest BCUT2D eigenvalue weighted by atomic mass is 16.5. The number of carbonyl (C=O) groups excluding carboxylic acids is 1. The molecule has 7 nitrogen and oxygen atoms in total. The Morgan fingerprint density at radius 1 is 0.969 bits per heavy atom. The summed E-state index contributed by atoms with van der Waals surface area (Å²) in [5.41, 5.74) is 7.24. The zero-order valence-electron chi connectivity index (χ0n) is 18.5. The van der Waals surface area contributed by atoms with Crippen LogP contribution in [0.4, 0.5) is 17.1 Å². The van der Waals surface area contributed by atoms with Crippen molar-refractivity contribution in [1.82, 2.24) is 5.43 Å². The second-order valence-electron chi connectivity index (χ2n) is 7.26. The van der Waals surface area contributed by atoms with Crippen LogP contribution in [0.3, 0.4) is 0 Å². The van der Waals surface area contributed by atoms with Crippen LogP contribution in [0.15, 0.2) is 77.9 Å². The number of benzene rings is 3. The predicted molar refractivity (Wildman–Crippen MR) is 129 cm³/mol. The van der Waals surface area contributed by atoms with Gasteiger partial charge in [0.05, 0.1) is 24.7 Å². The molecule has 7 heteroatoms. The van der Waals surface area contributed by atoms with Gasteiger partial charge >= 0.3 is 0 Å². The number of hydrazine groups is 2. The molecule has 0 spiro atoms. The number of amides is 1. The van der Waals surface area contributed by atoms with Crippen molar-refractivity contribution >= 4 is 29.2 Å². The fraction of sp³-hybridized carbons (Fsp3) is 0.200. The lowest BCUT2D eigenvalue weighted by Crippen LogP contribution is -2.53. The number of para-hydroxylation sites is 1. The number of hydrazone groups is 1. The summed E-state index contributed by atoms with van der Waals surface area (Å²) in [4.78, 5) is 15.3. The monoisotopic (exact) mass is 429 g/mol. The minimum Gasteiger partial charge on any atom is -0.497 e. The average Bonchev–Trinajstić information content (AvgIpc) is 2.85. The molecule has 3 aromatic carbocycles. The molecular weight excluding hydrogens is 402 g/mol. The van der Waals surface area contributed by atoms with Crippen LogP contribution in [0, 0.1) is 0 Å². The van der Waals surface area contributed by atoms with Gasteiger partial charge in [-0.15, -0.1) is 0 Å². The quantitative estimate of drug-likeness (QED) is 0.601. The van der Waals surface area contributed by atoms with Crippen molar-refractivity contribution in [1.29, 1.82) is 0 Å². The second kappa shape index (κ2) is 9.43. The van der Waals surface area contributed by atoms with Crippen LogP contribution < -0.4 is 25.3 Å². The van der Waals surface area contributed by atoms with E-state index in [2.05, 4.69) is 41.4 Å². The van der Waals surface area contributed by atoms with Crippen molar-refractivity contribution in [2.24, 2.45) is 5.10 Å². The maximum Gasteiger partial charge on any atom is 0.271 e. The van der Waals surface area contributed by atoms with Gasteiger partial charge in [0, 0.05) is 29.9 Å². The number of fused-ring (bicyclic) bond motifs is 1. The predicted octanol–water partition coefficient (Wildman–Crippen LogP) is 4.46. The molecule has 0 radical (unpaired) electrons. The molecule has 0 aromatic heterocycles. The highest BCUT2D eigenvalue weighted by molar-refractivity contribution is 5.98. The number of nitrogens with zero attached hydrogens (tertiary/aromatic N) is 4. The Kier molecular flexibility index (Phi) is 6.26. The Hall–Kier alpha value is -4.00. The number of hydrogen-bond acceptors (Lipinski definition) is 6. The minimum atomic E-state index is -0.246. The van der Waals surface area contributed by atoms with Crippen LogP contribution in [0.5, 0.6) is 5.75 Å². The third-order valence-electron chi connectivity index (χ3n) is 5.43. The van der Waals surface area contributed by atoms with E-state index in [-0.39, 0.29) is 5.91 Å². The van der Waals surface area contributed by atoms with Crippen LogP contribution in [-0.2, 0) is 0 Å². The number of rotatable bonds is 7. The Balaban J connectivity index is 1.64. The summed E-state index contributed by atoms with van der Waals surface area (Å²) < 4.78 is 5.19. The van der Waals surface area contributed by atoms with Gasteiger partial charge in [-0.05, 0) is 68.4 Å². The number of nitrogens with one attached hydrogen (secondary N) is 1. The third-order valence-corrected chi connectivity index (χ3v) is 5.43. The van der Waals surface area contributed by atoms with E-state index in [4.69, 9.17) is 4.74 Å². The van der Waals surface area contributed by atoms with E-state index in [0.29, 0.717) is 11.3 Å². The van der Waals surface area contributed by atoms with Gasteiger partial charge in [-0.3, -0.25) is 4.79 Å². The second-order valence-corrected chi connectivity index (χ2v) is 7.26. The average molecular weight is 430 g/mol. The van der Waals surface area contributed by atoms with E-state index in [1.54, 1.807) is 47.8 Å². The minimum absolute atomic E-state index is 0.246. The lowest BCUT2D eigenvalue weighted by atomic mass is 10.2. The molecule has 1 aliphatic heterocycles. The Morgan fingerprint density at radius 2 is 1.66 bits per heavy atom. The smallest absolute Gasteiger partial charge is 0.271 e. The molecule has 0 aliphatic carbocycles. The fourth-order valence-electron chi connectivity index (χ4n) is 3.64. The van der Waals surface area contributed by atoms with Gasteiger partial charge in [0.2, 0.25) is 0 Å². The SMILES string of the molecule is CCN(CC)c1ccc(N2N=Cc3ccccc3N2NC(=O)c2ccc(OC)cc2)cc1. The molecule has 4 rings (SSSR count). The van der Waals surface area contributed by atoms with Gasteiger partial charge in [-0.2, -0.15) is 15.3 Å². The first-order chi connectivity index (χ1) is 15.6. The Morgan fingerprint density at radius 3 is 2.31 bits per heavy atom. The van der Waals surface area contributed by atoms with Crippen molar-refractivity contribution < 1.29 is 9.53 Å². The lowest BCUT2D eigenvalue weighted by Gasteiger charge is -2.37. The van der Waals surface area contributed by atoms with Crippen LogP contribution in [0.25, 0.3) is 0 Å². The number of carbonyl (C=O) groups is 1. The molecule has 164 valence electrons. The standard InChI is InChI=1S/C25H27N5O2/c1-4-28(5-2)21-12-14-22(15-13-21)29-26-18-20-8-6-7-9-24(20)30(29)27-25(31)19-10-16-23(32-3)17-11-19/h6-18H,4-5H2,1-3H3,(H,27,31). The van der Waals surface area contributed by atoms with Crippen molar-refractivity contribution in [2.75, 3.05) is 35.3 Å². The molecule has 0 fully saturated rings. The highest BCUT2D eigenvalue weighted by Gasteiger charge is 2.25. The van der Waals surface area contributed by atoms with E-state index in [1.807, 2.05) is 36.4 Å². The Labute approximate surface area is 188 Å². The van der Waals surface area contributed by atoms with Crippen LogP contribution in [0.2, 0.25) is 0 Å². The Bertz CT molecular complexity index is 1090. The van der Waals surface area contributed by atoms with Gasteiger partial charge in [-0.25, -0.2) is 5.43 Å². The van der Waals surface area contributed by atoms with Gasteiger partial charge in [0.1, 0.15) is 5.75 Å². The molecule has 1 amide bonds. The topological polar surface area (TPSA) is 60.4 Å². The van der Waals surface area contributed by atoms with E-state index in [0.717, 1.165) is 35.7 Å². The van der Waals surface area contributed by atoms with Crippen molar-refractivity contribution in [3.63, 3.8) is 0 Å². The third kappa shape index (κ3) is 4.23. The highest BCUT2D eigenvalue weighted by Crippen LogP contribution is 2.29. The summed E-state index contributed by atoms with van der Waals surface area (Å²) in [6.07, 6.45) is 1.80. The normalized spacial score (nSPS) is 12.3. The first-order valence-corrected chi connectivity index (χ1v) is 10.7. The van der Waals surface area contributed by atoms with E-state index in [1.165, 1.54) is 0 Å². The first kappa shape index (κ1) is 21.2. The summed E-state index contributed by atoms with van der Waals surface area (Å²) in [5.74, 6) is 0.453. The fourth-order valence-corrected chi connectivity index (χ4v) is 3.64. The van der Waals surface area contributed by atoms with E-state index >= 15 is 0 Å². The summed E-state index contributed by atoms with van der Waals surface area (Å²) >= 11 is 0. The zero-order valence-corrected chi connectivity index (χ0v) is 18.5. The van der Waals surface area contributed by atoms with E-state index < -0.39 is 0 Å². The molecule has 0 saturated carbocycles. The van der Waals surface area contributed by atoms with Gasteiger partial charge in [0.15, 0.2) is 0 Å². The lowest BCUT2D eigenvalue weighted by molar-refractivity contribution is 0.0947. The molecular formula is C25H27N5O2. The summed E-state index contributed by atoms with van der Waals surface area (Å²) in [6, 6.07) is 22.9. The molecule has 1 aliphatic rings. The van der Waals surface area contributed by atoms with Crippen LogP contribution in [-0.4, -0.2) is 32.3 Å². The van der Waals surface area contributed by atoms with Gasteiger partial charge < -0.3 is 9.64 Å². The summed E-state index contributed by atoms with van der Waals surface area (Å²) in [5, 5.41) is 7.96. The number of hydrogen-bond donors (Lipinski definition) is 1. The van der Waals surface area contributed by atoms with E-state index in [9.17, 15) is 4.79 Å². The van der Waals surface area contributed by atoms with Crippen molar-refractivity contribution in [3.8, 4) is 5.75 Å². The molecule has 0 saturated heterocycles. The molecule has 0 unspecified atom stereocenters. The molecule has 0 atom stereocenters. The van der Waals surface area contributed by atoms with Gasteiger partial charge in [-0.1, -0.05) is 18.2 Å². The molecule has 1 heterocycles. The van der Waals surface area contributed by atoms with Crippen LogP contribution in [0.1, 0.15) is 29.8 Å². The maximum atomic E-state index is 13.0. The molecule has 3 aromatic rings. The van der Waals surface area contributed by atoms with Crippen LogP contribution >= 0.6 is 0 Å². The zero-order chi connectivity index (χ0) is 22.5. The molecule has 32 heavy (non-hydrogen) atoms. The number of anilines is 3. The summed E-state index contributed by atoms with van der Waals surface area (Å²) in [7, 11) is 1.60.